The van der Waals surface area contributed by atoms with Crippen molar-refractivity contribution >= 4 is 0 Å². The van der Waals surface area contributed by atoms with Gasteiger partial charge >= 0.3 is 0 Å². The van der Waals surface area contributed by atoms with E-state index in [1.807, 2.05) is 17.9 Å². The van der Waals surface area contributed by atoms with Gasteiger partial charge in [0.25, 0.3) is 0 Å². The molecular formula is C13H25N3O. The summed E-state index contributed by atoms with van der Waals surface area (Å²) in [4.78, 5) is 0. The molecule has 4 nitrogen and oxygen atoms in total. The molecule has 0 aromatic carbocycles. The first-order chi connectivity index (χ1) is 8.17. The highest BCUT2D eigenvalue weighted by Crippen LogP contribution is 2.14. The Balaban J connectivity index is 2.35. The topological polar surface area (TPSA) is 39.1 Å². The molecule has 1 heterocycles. The lowest BCUT2D eigenvalue weighted by atomic mass is 10.1. The first-order valence-electron chi connectivity index (χ1n) is 6.44. The molecule has 1 rings (SSSR count). The average molecular weight is 239 g/mol. The van der Waals surface area contributed by atoms with Gasteiger partial charge in [-0.15, -0.1) is 0 Å². The molecule has 0 fully saturated rings. The van der Waals surface area contributed by atoms with Crippen molar-refractivity contribution < 1.29 is 4.74 Å². The number of hydrogen-bond acceptors (Lipinski definition) is 3. The molecule has 1 atom stereocenters. The Morgan fingerprint density at radius 3 is 2.82 bits per heavy atom. The highest BCUT2D eigenvalue weighted by molar-refractivity contribution is 5.09. The highest BCUT2D eigenvalue weighted by atomic mass is 16.5. The molecule has 0 amide bonds. The van der Waals surface area contributed by atoms with E-state index in [1.165, 1.54) is 5.56 Å². The van der Waals surface area contributed by atoms with E-state index in [-0.39, 0.29) is 0 Å². The summed E-state index contributed by atoms with van der Waals surface area (Å²) in [5.41, 5.74) is 1.25. The second-order valence-electron chi connectivity index (χ2n) is 4.76. The predicted octanol–water partition coefficient (Wildman–Crippen LogP) is 2.23. The number of hydrogen-bond donors (Lipinski definition) is 1. The average Bonchev–Trinajstić information content (AvgIpc) is 2.75. The SMILES string of the molecule is CCC(NC)c1cnn(CCOCC(C)C)c1. The van der Waals surface area contributed by atoms with Gasteiger partial charge in [0.15, 0.2) is 0 Å². The van der Waals surface area contributed by atoms with Crippen molar-refractivity contribution in [1.29, 1.82) is 0 Å². The maximum atomic E-state index is 5.54. The highest BCUT2D eigenvalue weighted by Gasteiger charge is 2.08. The standard InChI is InChI=1S/C13H25N3O/c1-5-13(14-4)12-8-15-16(9-12)6-7-17-10-11(2)3/h8-9,11,13-14H,5-7,10H2,1-4H3. The molecule has 1 aromatic heterocycles. The van der Waals surface area contributed by atoms with E-state index in [2.05, 4.69) is 37.4 Å². The summed E-state index contributed by atoms with van der Waals surface area (Å²) >= 11 is 0. The maximum absolute atomic E-state index is 5.54. The van der Waals surface area contributed by atoms with Crippen LogP contribution in [0.2, 0.25) is 0 Å². The summed E-state index contributed by atoms with van der Waals surface area (Å²) < 4.78 is 7.50. The van der Waals surface area contributed by atoms with Gasteiger partial charge in [0.05, 0.1) is 19.3 Å². The molecular weight excluding hydrogens is 214 g/mol. The van der Waals surface area contributed by atoms with Crippen LogP contribution in [0.1, 0.15) is 38.8 Å². The third kappa shape index (κ3) is 4.88. The van der Waals surface area contributed by atoms with E-state index in [9.17, 15) is 0 Å². The van der Waals surface area contributed by atoms with Crippen molar-refractivity contribution in [2.45, 2.75) is 39.8 Å². The molecule has 4 heteroatoms. The van der Waals surface area contributed by atoms with Gasteiger partial charge in [0.2, 0.25) is 0 Å². The van der Waals surface area contributed by atoms with Crippen LogP contribution in [0.4, 0.5) is 0 Å². The van der Waals surface area contributed by atoms with Gasteiger partial charge in [-0.2, -0.15) is 5.10 Å². The lowest BCUT2D eigenvalue weighted by Gasteiger charge is -2.10. The van der Waals surface area contributed by atoms with Crippen molar-refractivity contribution in [1.82, 2.24) is 15.1 Å². The van der Waals surface area contributed by atoms with E-state index in [1.54, 1.807) is 0 Å². The lowest BCUT2D eigenvalue weighted by Crippen LogP contribution is -2.14. The number of nitrogens with zero attached hydrogens (tertiary/aromatic N) is 2. The Morgan fingerprint density at radius 2 is 2.24 bits per heavy atom. The van der Waals surface area contributed by atoms with Gasteiger partial charge in [0, 0.05) is 24.4 Å². The van der Waals surface area contributed by atoms with Crippen LogP contribution in [0.3, 0.4) is 0 Å². The molecule has 1 unspecified atom stereocenters. The summed E-state index contributed by atoms with van der Waals surface area (Å²) in [6.07, 6.45) is 5.11. The summed E-state index contributed by atoms with van der Waals surface area (Å²) in [6.45, 7) is 8.87. The van der Waals surface area contributed by atoms with E-state index in [4.69, 9.17) is 4.74 Å². The molecule has 0 aliphatic heterocycles. The van der Waals surface area contributed by atoms with Gasteiger partial charge in [-0.25, -0.2) is 0 Å². The van der Waals surface area contributed by atoms with Crippen LogP contribution >= 0.6 is 0 Å². The molecule has 0 bridgehead atoms. The van der Waals surface area contributed by atoms with Crippen molar-refractivity contribution in [3.63, 3.8) is 0 Å². The molecule has 0 radical (unpaired) electrons. The number of ether oxygens (including phenoxy) is 1. The van der Waals surface area contributed by atoms with Crippen molar-refractivity contribution in [3.8, 4) is 0 Å². The second-order valence-corrected chi connectivity index (χ2v) is 4.76. The molecule has 98 valence electrons. The fourth-order valence-corrected chi connectivity index (χ4v) is 1.77. The van der Waals surface area contributed by atoms with Crippen LogP contribution in [0, 0.1) is 5.92 Å². The Bertz CT molecular complexity index is 305. The zero-order chi connectivity index (χ0) is 12.7. The summed E-state index contributed by atoms with van der Waals surface area (Å²) in [7, 11) is 1.98. The Morgan fingerprint density at radius 1 is 1.47 bits per heavy atom. The Hall–Kier alpha value is -0.870. The Kier molecular flexibility index (Phi) is 6.22. The zero-order valence-corrected chi connectivity index (χ0v) is 11.4. The summed E-state index contributed by atoms with van der Waals surface area (Å²) in [6, 6.07) is 0.403. The van der Waals surface area contributed by atoms with Gasteiger partial charge in [-0.05, 0) is 19.4 Å². The van der Waals surface area contributed by atoms with E-state index in [0.717, 1.165) is 26.2 Å². The minimum Gasteiger partial charge on any atom is -0.379 e. The van der Waals surface area contributed by atoms with Crippen LogP contribution < -0.4 is 5.32 Å². The molecule has 0 aliphatic rings. The first-order valence-corrected chi connectivity index (χ1v) is 6.44. The van der Waals surface area contributed by atoms with E-state index < -0.39 is 0 Å². The lowest BCUT2D eigenvalue weighted by molar-refractivity contribution is 0.101. The molecule has 17 heavy (non-hydrogen) atoms. The third-order valence-electron chi connectivity index (χ3n) is 2.73. The number of nitrogens with one attached hydrogen (secondary N) is 1. The molecule has 1 aromatic rings. The van der Waals surface area contributed by atoms with Gasteiger partial charge in [-0.1, -0.05) is 20.8 Å². The van der Waals surface area contributed by atoms with Gasteiger partial charge in [-0.3, -0.25) is 4.68 Å². The third-order valence-corrected chi connectivity index (χ3v) is 2.73. The second kappa shape index (κ2) is 7.45. The molecule has 0 saturated heterocycles. The summed E-state index contributed by atoms with van der Waals surface area (Å²) in [5.74, 6) is 0.594. The Labute approximate surface area is 104 Å². The summed E-state index contributed by atoms with van der Waals surface area (Å²) in [5, 5.41) is 7.63. The van der Waals surface area contributed by atoms with Crippen molar-refractivity contribution in [2.75, 3.05) is 20.3 Å². The molecule has 0 saturated carbocycles. The normalized spacial score (nSPS) is 13.2. The zero-order valence-electron chi connectivity index (χ0n) is 11.4. The number of aromatic nitrogens is 2. The smallest absolute Gasteiger partial charge is 0.0662 e. The van der Waals surface area contributed by atoms with E-state index >= 15 is 0 Å². The minimum atomic E-state index is 0.403. The van der Waals surface area contributed by atoms with Gasteiger partial charge in [0.1, 0.15) is 0 Å². The van der Waals surface area contributed by atoms with E-state index in [0.29, 0.717) is 12.0 Å². The minimum absolute atomic E-state index is 0.403. The largest absolute Gasteiger partial charge is 0.379 e. The quantitative estimate of drug-likeness (QED) is 0.707. The van der Waals surface area contributed by atoms with Crippen LogP contribution in [0.15, 0.2) is 12.4 Å². The molecule has 0 spiro atoms. The maximum Gasteiger partial charge on any atom is 0.0662 e. The molecule has 0 aliphatic carbocycles. The molecule has 1 N–H and O–H groups in total. The van der Waals surface area contributed by atoms with Crippen molar-refractivity contribution in [2.24, 2.45) is 5.92 Å². The monoisotopic (exact) mass is 239 g/mol. The van der Waals surface area contributed by atoms with Gasteiger partial charge < -0.3 is 10.1 Å². The fourth-order valence-electron chi connectivity index (χ4n) is 1.77. The van der Waals surface area contributed by atoms with Crippen LogP contribution in [0.25, 0.3) is 0 Å². The fraction of sp³-hybridized carbons (Fsp3) is 0.769. The van der Waals surface area contributed by atoms with Crippen LogP contribution in [-0.4, -0.2) is 30.0 Å². The predicted molar refractivity (Wildman–Crippen MR) is 70.0 cm³/mol. The number of rotatable bonds is 8. The first kappa shape index (κ1) is 14.2. The van der Waals surface area contributed by atoms with Crippen LogP contribution in [-0.2, 0) is 11.3 Å². The van der Waals surface area contributed by atoms with Crippen molar-refractivity contribution in [3.05, 3.63) is 18.0 Å². The van der Waals surface area contributed by atoms with Crippen LogP contribution in [0.5, 0.6) is 0 Å².